The predicted molar refractivity (Wildman–Crippen MR) is 98.0 cm³/mol. The molecule has 0 aliphatic heterocycles. The second-order valence-corrected chi connectivity index (χ2v) is 7.22. The first-order valence-corrected chi connectivity index (χ1v) is 9.17. The zero-order valence-corrected chi connectivity index (χ0v) is 15.2. The van der Waals surface area contributed by atoms with E-state index in [1.54, 1.807) is 11.8 Å². The van der Waals surface area contributed by atoms with Crippen LogP contribution in [0.2, 0.25) is 0 Å². The second-order valence-electron chi connectivity index (χ2n) is 5.32. The van der Waals surface area contributed by atoms with Crippen molar-refractivity contribution in [3.05, 3.63) is 69.7 Å². The van der Waals surface area contributed by atoms with Crippen molar-refractivity contribution in [1.82, 2.24) is 5.32 Å². The van der Waals surface area contributed by atoms with Crippen LogP contribution in [0.4, 0.5) is 0 Å². The van der Waals surface area contributed by atoms with E-state index in [0.717, 1.165) is 15.8 Å². The number of aryl methyl sites for hydroxylation is 1. The maximum atomic E-state index is 12.0. The molecule has 0 unspecified atom stereocenters. The summed E-state index contributed by atoms with van der Waals surface area (Å²) in [4.78, 5) is 12.0. The van der Waals surface area contributed by atoms with Crippen molar-refractivity contribution in [3.63, 3.8) is 0 Å². The zero-order chi connectivity index (χ0) is 15.9. The number of hydrogen-bond donors (Lipinski definition) is 1. The Morgan fingerprint density at radius 2 is 1.77 bits per heavy atom. The van der Waals surface area contributed by atoms with Crippen molar-refractivity contribution >= 4 is 33.6 Å². The van der Waals surface area contributed by atoms with Crippen LogP contribution in [0.5, 0.6) is 0 Å². The van der Waals surface area contributed by atoms with Gasteiger partial charge in [0.2, 0.25) is 5.91 Å². The molecule has 116 valence electrons. The third-order valence-corrected chi connectivity index (χ3v) is 4.90. The Bertz CT molecular complexity index is 610. The van der Waals surface area contributed by atoms with Crippen molar-refractivity contribution in [2.45, 2.75) is 25.6 Å². The minimum Gasteiger partial charge on any atom is -0.349 e. The van der Waals surface area contributed by atoms with Gasteiger partial charge in [0.05, 0.1) is 11.8 Å². The van der Waals surface area contributed by atoms with Gasteiger partial charge < -0.3 is 5.32 Å². The van der Waals surface area contributed by atoms with Gasteiger partial charge in [0.15, 0.2) is 0 Å². The van der Waals surface area contributed by atoms with Crippen LogP contribution in [0.1, 0.15) is 29.7 Å². The Morgan fingerprint density at radius 3 is 2.41 bits per heavy atom. The summed E-state index contributed by atoms with van der Waals surface area (Å²) in [6.07, 6.45) is 0. The van der Waals surface area contributed by atoms with E-state index >= 15 is 0 Å². The number of carbonyl (C=O) groups is 1. The second kappa shape index (κ2) is 8.39. The third kappa shape index (κ3) is 5.50. The first-order valence-electron chi connectivity index (χ1n) is 7.22. The van der Waals surface area contributed by atoms with Crippen molar-refractivity contribution in [3.8, 4) is 0 Å². The number of carbonyl (C=O) groups excluding carboxylic acids is 1. The van der Waals surface area contributed by atoms with Crippen molar-refractivity contribution in [2.24, 2.45) is 0 Å². The van der Waals surface area contributed by atoms with E-state index in [1.807, 2.05) is 19.1 Å². The van der Waals surface area contributed by atoms with E-state index in [0.29, 0.717) is 5.75 Å². The number of amides is 1. The molecule has 1 N–H and O–H groups in total. The van der Waals surface area contributed by atoms with Crippen molar-refractivity contribution in [1.29, 1.82) is 0 Å². The minimum absolute atomic E-state index is 0.0429. The first-order chi connectivity index (χ1) is 10.5. The number of rotatable bonds is 6. The molecule has 0 aliphatic rings. The van der Waals surface area contributed by atoms with Crippen LogP contribution in [0.25, 0.3) is 0 Å². The number of halogens is 1. The molecule has 0 radical (unpaired) electrons. The molecule has 2 aromatic rings. The van der Waals surface area contributed by atoms with Crippen LogP contribution < -0.4 is 5.32 Å². The maximum absolute atomic E-state index is 12.0. The van der Waals surface area contributed by atoms with Gasteiger partial charge in [-0.15, -0.1) is 11.8 Å². The van der Waals surface area contributed by atoms with E-state index in [1.165, 1.54) is 11.1 Å². The number of thioether (sulfide) groups is 1. The molecule has 0 saturated heterocycles. The molecule has 0 bridgehead atoms. The van der Waals surface area contributed by atoms with E-state index < -0.39 is 0 Å². The summed E-state index contributed by atoms with van der Waals surface area (Å²) in [7, 11) is 0. The fourth-order valence-electron chi connectivity index (χ4n) is 2.06. The fraction of sp³-hybridized carbons (Fsp3) is 0.278. The number of benzene rings is 2. The third-order valence-electron chi connectivity index (χ3n) is 3.37. The summed E-state index contributed by atoms with van der Waals surface area (Å²) in [5.41, 5.74) is 3.59. The topological polar surface area (TPSA) is 29.1 Å². The highest BCUT2D eigenvalue weighted by Crippen LogP contribution is 2.17. The quantitative estimate of drug-likeness (QED) is 0.777. The Morgan fingerprint density at radius 1 is 1.14 bits per heavy atom. The molecule has 0 aromatic heterocycles. The van der Waals surface area contributed by atoms with Gasteiger partial charge in [-0.2, -0.15) is 0 Å². The largest absolute Gasteiger partial charge is 0.349 e. The van der Waals surface area contributed by atoms with Crippen LogP contribution in [-0.2, 0) is 10.5 Å². The summed E-state index contributed by atoms with van der Waals surface area (Å²) in [5, 5.41) is 3.04. The number of nitrogens with one attached hydrogen (secondary N) is 1. The van der Waals surface area contributed by atoms with Gasteiger partial charge >= 0.3 is 0 Å². The molecule has 2 nitrogen and oxygen atoms in total. The smallest absolute Gasteiger partial charge is 0.230 e. The average Bonchev–Trinajstić information content (AvgIpc) is 2.50. The molecule has 1 atom stereocenters. The molecule has 1 amide bonds. The van der Waals surface area contributed by atoms with E-state index in [4.69, 9.17) is 0 Å². The first kappa shape index (κ1) is 17.1. The Hall–Kier alpha value is -1.26. The standard InChI is InChI=1S/C18H20BrNOS/c1-13-3-7-16(8-4-13)14(2)20-18(21)12-22-11-15-5-9-17(19)10-6-15/h3-10,14H,11-12H2,1-2H3,(H,20,21)/t14-/m1/s1. The van der Waals surface area contributed by atoms with Crippen molar-refractivity contribution < 1.29 is 4.79 Å². The highest BCUT2D eigenvalue weighted by molar-refractivity contribution is 9.10. The van der Waals surface area contributed by atoms with Crippen LogP contribution in [0.15, 0.2) is 53.0 Å². The molecule has 0 heterocycles. The molecule has 22 heavy (non-hydrogen) atoms. The maximum Gasteiger partial charge on any atom is 0.230 e. The Kier molecular flexibility index (Phi) is 6.52. The van der Waals surface area contributed by atoms with Gasteiger partial charge in [-0.3, -0.25) is 4.79 Å². The molecule has 0 spiro atoms. The van der Waals surface area contributed by atoms with Crippen LogP contribution in [-0.4, -0.2) is 11.7 Å². The average molecular weight is 378 g/mol. The van der Waals surface area contributed by atoms with Crippen molar-refractivity contribution in [2.75, 3.05) is 5.75 Å². The summed E-state index contributed by atoms with van der Waals surface area (Å²) in [6, 6.07) is 16.5. The minimum atomic E-state index is 0.0429. The van der Waals surface area contributed by atoms with E-state index in [9.17, 15) is 4.79 Å². The normalized spacial score (nSPS) is 12.0. The monoisotopic (exact) mass is 377 g/mol. The van der Waals surface area contributed by atoms with Gasteiger partial charge in [0, 0.05) is 10.2 Å². The molecular weight excluding hydrogens is 358 g/mol. The van der Waals surface area contributed by atoms with Gasteiger partial charge in [-0.05, 0) is 37.1 Å². The molecule has 2 rings (SSSR count). The summed E-state index contributed by atoms with van der Waals surface area (Å²) >= 11 is 5.05. The molecule has 0 saturated carbocycles. The van der Waals surface area contributed by atoms with E-state index in [-0.39, 0.29) is 11.9 Å². The highest BCUT2D eigenvalue weighted by Gasteiger charge is 2.09. The lowest BCUT2D eigenvalue weighted by atomic mass is 10.1. The van der Waals surface area contributed by atoms with Gasteiger partial charge in [0.25, 0.3) is 0 Å². The lowest BCUT2D eigenvalue weighted by molar-refractivity contribution is -0.119. The lowest BCUT2D eigenvalue weighted by Crippen LogP contribution is -2.28. The SMILES string of the molecule is Cc1ccc([C@@H](C)NC(=O)CSCc2ccc(Br)cc2)cc1. The van der Waals surface area contributed by atoms with Gasteiger partial charge in [-0.25, -0.2) is 0 Å². The summed E-state index contributed by atoms with van der Waals surface area (Å²) < 4.78 is 1.07. The van der Waals surface area contributed by atoms with Crippen LogP contribution in [0, 0.1) is 6.92 Å². The highest BCUT2D eigenvalue weighted by atomic mass is 79.9. The van der Waals surface area contributed by atoms with Crippen LogP contribution >= 0.6 is 27.7 Å². The lowest BCUT2D eigenvalue weighted by Gasteiger charge is -2.14. The molecular formula is C18H20BrNOS. The van der Waals surface area contributed by atoms with Gasteiger partial charge in [-0.1, -0.05) is 57.9 Å². The zero-order valence-electron chi connectivity index (χ0n) is 12.8. The fourth-order valence-corrected chi connectivity index (χ4v) is 3.13. The molecule has 0 aliphatic carbocycles. The Labute approximate surface area is 144 Å². The Balaban J connectivity index is 1.75. The summed E-state index contributed by atoms with van der Waals surface area (Å²) in [6.45, 7) is 4.08. The number of hydrogen-bond acceptors (Lipinski definition) is 2. The molecule has 4 heteroatoms. The van der Waals surface area contributed by atoms with Gasteiger partial charge in [0.1, 0.15) is 0 Å². The molecule has 2 aromatic carbocycles. The van der Waals surface area contributed by atoms with E-state index in [2.05, 4.69) is 64.6 Å². The predicted octanol–water partition coefficient (Wildman–Crippen LogP) is 4.87. The van der Waals surface area contributed by atoms with Crippen LogP contribution in [0.3, 0.4) is 0 Å². The molecule has 0 fully saturated rings. The summed E-state index contributed by atoms with van der Waals surface area (Å²) in [5.74, 6) is 1.40.